The summed E-state index contributed by atoms with van der Waals surface area (Å²) >= 11 is 0. The maximum absolute atomic E-state index is 14.8. The first-order chi connectivity index (χ1) is 13.3. The van der Waals surface area contributed by atoms with Crippen molar-refractivity contribution in [1.29, 1.82) is 0 Å². The molecular formula is C19H22FN5O3. The maximum Gasteiger partial charge on any atom is 0.254 e. The highest BCUT2D eigenvalue weighted by Crippen LogP contribution is 2.37. The average molecular weight is 387 g/mol. The number of amides is 2. The molecule has 0 aromatic carbocycles. The van der Waals surface area contributed by atoms with Crippen molar-refractivity contribution in [2.45, 2.75) is 37.9 Å². The van der Waals surface area contributed by atoms with E-state index < -0.39 is 17.6 Å². The highest BCUT2D eigenvalue weighted by Gasteiger charge is 2.39. The van der Waals surface area contributed by atoms with Gasteiger partial charge < -0.3 is 15.8 Å². The summed E-state index contributed by atoms with van der Waals surface area (Å²) in [6, 6.07) is 1.29. The molecule has 2 aromatic rings. The molecule has 2 aliphatic rings. The zero-order valence-corrected chi connectivity index (χ0v) is 15.7. The van der Waals surface area contributed by atoms with E-state index in [1.54, 1.807) is 23.7 Å². The molecule has 1 aliphatic carbocycles. The van der Waals surface area contributed by atoms with Crippen LogP contribution in [-0.2, 0) is 9.53 Å². The van der Waals surface area contributed by atoms with Crippen LogP contribution in [0.1, 0.15) is 36.5 Å². The molecule has 9 heteroatoms. The Labute approximate surface area is 161 Å². The van der Waals surface area contributed by atoms with Crippen LogP contribution in [0.3, 0.4) is 0 Å². The van der Waals surface area contributed by atoms with Gasteiger partial charge in [-0.1, -0.05) is 0 Å². The fourth-order valence-electron chi connectivity index (χ4n) is 3.89. The number of carbonyl (C=O) groups excluding carboxylic acids is 2. The topological polar surface area (TPSA) is 102 Å². The monoisotopic (exact) mass is 387 g/mol. The second kappa shape index (κ2) is 6.50. The van der Waals surface area contributed by atoms with Gasteiger partial charge in [-0.3, -0.25) is 14.5 Å². The lowest BCUT2D eigenvalue weighted by Gasteiger charge is -2.26. The molecule has 2 aromatic heterocycles. The van der Waals surface area contributed by atoms with Gasteiger partial charge in [-0.25, -0.2) is 8.91 Å². The molecular weight excluding hydrogens is 365 g/mol. The summed E-state index contributed by atoms with van der Waals surface area (Å²) in [7, 11) is 1.51. The van der Waals surface area contributed by atoms with E-state index in [1.807, 2.05) is 0 Å². The van der Waals surface area contributed by atoms with Crippen molar-refractivity contribution in [1.82, 2.24) is 9.61 Å². The second-order valence-corrected chi connectivity index (χ2v) is 7.43. The summed E-state index contributed by atoms with van der Waals surface area (Å²) in [5.74, 6) is -0.299. The number of fused-ring (bicyclic) bond motifs is 1. The van der Waals surface area contributed by atoms with Gasteiger partial charge in [0.1, 0.15) is 11.4 Å². The number of rotatable bonds is 5. The number of alkyl halides is 1. The molecule has 1 fully saturated rings. The molecule has 2 amide bonds. The molecule has 0 saturated heterocycles. The van der Waals surface area contributed by atoms with Crippen molar-refractivity contribution in [3.63, 3.8) is 0 Å². The summed E-state index contributed by atoms with van der Waals surface area (Å²) in [6.07, 6.45) is 6.33. The molecule has 0 unspecified atom stereocenters. The van der Waals surface area contributed by atoms with E-state index in [-0.39, 0.29) is 11.5 Å². The van der Waals surface area contributed by atoms with Crippen LogP contribution in [-0.4, -0.2) is 46.8 Å². The van der Waals surface area contributed by atoms with Gasteiger partial charge in [0.05, 0.1) is 54.5 Å². The van der Waals surface area contributed by atoms with Crippen LogP contribution in [0.2, 0.25) is 0 Å². The minimum atomic E-state index is -1.38. The van der Waals surface area contributed by atoms with Crippen molar-refractivity contribution in [2.24, 2.45) is 5.73 Å². The fourth-order valence-corrected chi connectivity index (χ4v) is 3.89. The highest BCUT2D eigenvalue weighted by molar-refractivity contribution is 6.06. The third-order valence-electron chi connectivity index (χ3n) is 5.53. The summed E-state index contributed by atoms with van der Waals surface area (Å²) in [6.45, 7) is 1.87. The Morgan fingerprint density at radius 1 is 1.50 bits per heavy atom. The first kappa shape index (κ1) is 18.3. The molecule has 8 nitrogen and oxygen atoms in total. The number of halogens is 1. The lowest BCUT2D eigenvalue weighted by molar-refractivity contribution is -0.113. The number of carbonyl (C=O) groups is 2. The quantitative estimate of drug-likeness (QED) is 0.817. The summed E-state index contributed by atoms with van der Waals surface area (Å²) in [5.41, 5.74) is 5.90. The second-order valence-electron chi connectivity index (χ2n) is 7.43. The van der Waals surface area contributed by atoms with Crippen LogP contribution in [0.15, 0.2) is 30.3 Å². The van der Waals surface area contributed by atoms with Gasteiger partial charge in [-0.15, -0.1) is 0 Å². The van der Waals surface area contributed by atoms with Gasteiger partial charge in [-0.2, -0.15) is 5.10 Å². The minimum absolute atomic E-state index is 0.184. The molecule has 1 aliphatic heterocycles. The number of nitrogens with one attached hydrogen (secondary N) is 1. The van der Waals surface area contributed by atoms with Crippen LogP contribution in [0.4, 0.5) is 15.8 Å². The number of nitrogens with two attached hydrogens (primary N) is 1. The fraction of sp³-hybridized carbons (Fsp3) is 0.421. The molecule has 3 N–H and O–H groups in total. The van der Waals surface area contributed by atoms with Crippen LogP contribution >= 0.6 is 0 Å². The van der Waals surface area contributed by atoms with E-state index in [2.05, 4.69) is 10.4 Å². The average Bonchev–Trinajstić information content (AvgIpc) is 3.31. The van der Waals surface area contributed by atoms with E-state index in [9.17, 15) is 14.0 Å². The van der Waals surface area contributed by atoms with Crippen LogP contribution in [0.5, 0.6) is 0 Å². The van der Waals surface area contributed by atoms with E-state index >= 15 is 0 Å². The smallest absolute Gasteiger partial charge is 0.254 e. The Bertz CT molecular complexity index is 997. The Morgan fingerprint density at radius 3 is 2.89 bits per heavy atom. The SMILES string of the molecule is COC1=CC(=O)N(c2cc3c(N[C@@H]4CCC[C@]4(C)F)c(C(N)=O)cnn3c2)C1. The lowest BCUT2D eigenvalue weighted by Crippen LogP contribution is -2.36. The number of hydrogen-bond donors (Lipinski definition) is 2. The molecule has 2 atom stereocenters. The molecule has 0 bridgehead atoms. The number of ether oxygens (including phenoxy) is 1. The predicted octanol–water partition coefficient (Wildman–Crippen LogP) is 2.00. The van der Waals surface area contributed by atoms with Crippen molar-refractivity contribution < 1.29 is 18.7 Å². The van der Waals surface area contributed by atoms with Crippen molar-refractivity contribution in [2.75, 3.05) is 23.9 Å². The Kier molecular flexibility index (Phi) is 4.24. The largest absolute Gasteiger partial charge is 0.499 e. The Hall–Kier alpha value is -3.10. The van der Waals surface area contributed by atoms with E-state index in [0.717, 1.165) is 6.42 Å². The van der Waals surface area contributed by atoms with Gasteiger partial charge in [0.15, 0.2) is 0 Å². The molecule has 0 radical (unpaired) electrons. The normalized spacial score (nSPS) is 24.7. The van der Waals surface area contributed by atoms with Gasteiger partial charge in [0.25, 0.3) is 11.8 Å². The minimum Gasteiger partial charge on any atom is -0.499 e. The number of primary amides is 1. The van der Waals surface area contributed by atoms with Crippen LogP contribution in [0, 0.1) is 0 Å². The number of nitrogens with zero attached hydrogens (tertiary/aromatic N) is 3. The van der Waals surface area contributed by atoms with Crippen molar-refractivity contribution >= 4 is 28.7 Å². The zero-order valence-electron chi connectivity index (χ0n) is 15.7. The summed E-state index contributed by atoms with van der Waals surface area (Å²) in [5, 5.41) is 7.41. The third kappa shape index (κ3) is 2.96. The van der Waals surface area contributed by atoms with Gasteiger partial charge in [0.2, 0.25) is 0 Å². The summed E-state index contributed by atoms with van der Waals surface area (Å²) < 4.78 is 21.5. The Balaban J connectivity index is 1.76. The number of anilines is 2. The molecule has 4 rings (SSSR count). The zero-order chi connectivity index (χ0) is 20.1. The number of aromatic nitrogens is 2. The molecule has 148 valence electrons. The van der Waals surface area contributed by atoms with Crippen molar-refractivity contribution in [3.8, 4) is 0 Å². The Morgan fingerprint density at radius 2 is 2.29 bits per heavy atom. The maximum atomic E-state index is 14.8. The van der Waals surface area contributed by atoms with Gasteiger partial charge in [-0.05, 0) is 32.3 Å². The van der Waals surface area contributed by atoms with Crippen LogP contribution < -0.4 is 16.0 Å². The van der Waals surface area contributed by atoms with Crippen LogP contribution in [0.25, 0.3) is 5.52 Å². The number of hydrogen-bond acceptors (Lipinski definition) is 5. The van der Waals surface area contributed by atoms with E-state index in [0.29, 0.717) is 42.0 Å². The predicted molar refractivity (Wildman–Crippen MR) is 102 cm³/mol. The van der Waals surface area contributed by atoms with E-state index in [4.69, 9.17) is 10.5 Å². The summed E-state index contributed by atoms with van der Waals surface area (Å²) in [4.78, 5) is 25.7. The molecule has 0 spiro atoms. The van der Waals surface area contributed by atoms with Gasteiger partial charge >= 0.3 is 0 Å². The highest BCUT2D eigenvalue weighted by atomic mass is 19.1. The first-order valence-corrected chi connectivity index (χ1v) is 9.13. The third-order valence-corrected chi connectivity index (χ3v) is 5.53. The number of methoxy groups -OCH3 is 1. The van der Waals surface area contributed by atoms with Crippen molar-refractivity contribution in [3.05, 3.63) is 35.9 Å². The first-order valence-electron chi connectivity index (χ1n) is 9.13. The van der Waals surface area contributed by atoms with Gasteiger partial charge in [0, 0.05) is 6.08 Å². The molecule has 1 saturated carbocycles. The standard InChI is InChI=1S/C19H22FN5O3/c1-19(20)5-3-4-15(19)23-17-13(18(21)27)8-22-25-9-11(6-14(17)25)24-10-12(28-2)7-16(24)26/h6-9,15,23H,3-5,10H2,1-2H3,(H2,21,27)/t15-,19+/m1/s1. The van der Waals surface area contributed by atoms with E-state index in [1.165, 1.54) is 24.3 Å². The lowest BCUT2D eigenvalue weighted by atomic mass is 10.0. The molecule has 28 heavy (non-hydrogen) atoms. The molecule has 3 heterocycles.